The molecule has 0 aromatic heterocycles. The van der Waals surface area contributed by atoms with Crippen LogP contribution in [0, 0.1) is 0 Å². The standard InChI is InChI=1S/C14H24O7/c1-14(2,3)21-13(17)20-11-6-4-5-10(9-11)19-12(16)18-8-7-15/h10-11,15H,4-9H2,1-3H3. The summed E-state index contributed by atoms with van der Waals surface area (Å²) in [6, 6.07) is 0. The van der Waals surface area contributed by atoms with Crippen LogP contribution in [0.1, 0.15) is 46.5 Å². The molecule has 2 atom stereocenters. The van der Waals surface area contributed by atoms with Gasteiger partial charge in [-0.05, 0) is 40.0 Å². The minimum absolute atomic E-state index is 0.0939. The maximum absolute atomic E-state index is 11.6. The first-order valence-electron chi connectivity index (χ1n) is 7.14. The fourth-order valence-corrected chi connectivity index (χ4v) is 2.03. The zero-order valence-electron chi connectivity index (χ0n) is 12.8. The van der Waals surface area contributed by atoms with Crippen LogP contribution in [0.3, 0.4) is 0 Å². The van der Waals surface area contributed by atoms with E-state index in [2.05, 4.69) is 4.74 Å². The summed E-state index contributed by atoms with van der Waals surface area (Å²) in [7, 11) is 0. The van der Waals surface area contributed by atoms with Gasteiger partial charge in [0.15, 0.2) is 0 Å². The first-order chi connectivity index (χ1) is 9.80. The monoisotopic (exact) mass is 304 g/mol. The van der Waals surface area contributed by atoms with Gasteiger partial charge in [-0.1, -0.05) is 0 Å². The minimum Gasteiger partial charge on any atom is -0.432 e. The van der Waals surface area contributed by atoms with E-state index in [0.29, 0.717) is 19.3 Å². The third-order valence-corrected chi connectivity index (χ3v) is 2.80. The van der Waals surface area contributed by atoms with Crippen LogP contribution in [-0.2, 0) is 18.9 Å². The quantitative estimate of drug-likeness (QED) is 0.797. The molecule has 1 saturated carbocycles. The van der Waals surface area contributed by atoms with Crippen LogP contribution >= 0.6 is 0 Å². The molecule has 7 nitrogen and oxygen atoms in total. The zero-order chi connectivity index (χ0) is 15.9. The topological polar surface area (TPSA) is 91.3 Å². The number of carbonyl (C=O) groups excluding carboxylic acids is 2. The highest BCUT2D eigenvalue weighted by Gasteiger charge is 2.29. The Hall–Kier alpha value is -1.50. The number of aliphatic hydroxyl groups excluding tert-OH is 1. The van der Waals surface area contributed by atoms with Crippen molar-refractivity contribution in [3.63, 3.8) is 0 Å². The molecule has 1 N–H and O–H groups in total. The summed E-state index contributed by atoms with van der Waals surface area (Å²) in [5, 5.41) is 8.55. The molecule has 0 saturated heterocycles. The summed E-state index contributed by atoms with van der Waals surface area (Å²) in [5.74, 6) is 0. The molecule has 122 valence electrons. The molecule has 0 bridgehead atoms. The Morgan fingerprint density at radius 1 is 1.10 bits per heavy atom. The Balaban J connectivity index is 2.35. The summed E-state index contributed by atoms with van der Waals surface area (Å²) >= 11 is 0. The van der Waals surface area contributed by atoms with E-state index in [1.165, 1.54) is 0 Å². The van der Waals surface area contributed by atoms with E-state index in [-0.39, 0.29) is 25.4 Å². The Morgan fingerprint density at radius 3 is 2.19 bits per heavy atom. The van der Waals surface area contributed by atoms with E-state index in [0.717, 1.165) is 6.42 Å². The molecular weight excluding hydrogens is 280 g/mol. The molecule has 1 aliphatic carbocycles. The largest absolute Gasteiger partial charge is 0.509 e. The van der Waals surface area contributed by atoms with Gasteiger partial charge in [-0.2, -0.15) is 0 Å². The lowest BCUT2D eigenvalue weighted by molar-refractivity contribution is -0.0556. The number of ether oxygens (including phenoxy) is 4. The van der Waals surface area contributed by atoms with Gasteiger partial charge in [-0.15, -0.1) is 0 Å². The maximum Gasteiger partial charge on any atom is 0.509 e. The number of carbonyl (C=O) groups is 2. The minimum atomic E-state index is -0.813. The number of hydrogen-bond acceptors (Lipinski definition) is 7. The van der Waals surface area contributed by atoms with Crippen molar-refractivity contribution in [1.82, 2.24) is 0 Å². The van der Waals surface area contributed by atoms with Crippen molar-refractivity contribution in [1.29, 1.82) is 0 Å². The first kappa shape index (κ1) is 17.6. The molecular formula is C14H24O7. The number of hydrogen-bond donors (Lipinski definition) is 1. The van der Waals surface area contributed by atoms with Gasteiger partial charge in [0, 0.05) is 6.42 Å². The average molecular weight is 304 g/mol. The Kier molecular flexibility index (Phi) is 6.74. The molecule has 0 aromatic carbocycles. The van der Waals surface area contributed by atoms with Crippen LogP contribution in [0.15, 0.2) is 0 Å². The van der Waals surface area contributed by atoms with Crippen molar-refractivity contribution in [3.8, 4) is 0 Å². The van der Waals surface area contributed by atoms with Gasteiger partial charge in [0.25, 0.3) is 0 Å². The van der Waals surface area contributed by atoms with Gasteiger partial charge >= 0.3 is 12.3 Å². The van der Waals surface area contributed by atoms with E-state index in [1.54, 1.807) is 20.8 Å². The molecule has 0 heterocycles. The summed E-state index contributed by atoms with van der Waals surface area (Å²) < 4.78 is 20.0. The van der Waals surface area contributed by atoms with E-state index >= 15 is 0 Å². The highest BCUT2D eigenvalue weighted by molar-refractivity contribution is 5.61. The van der Waals surface area contributed by atoms with Crippen molar-refractivity contribution in [2.75, 3.05) is 13.2 Å². The average Bonchev–Trinajstić information content (AvgIpc) is 2.34. The Bertz CT molecular complexity index is 348. The smallest absolute Gasteiger partial charge is 0.432 e. The molecule has 1 fully saturated rings. The molecule has 0 aromatic rings. The zero-order valence-corrected chi connectivity index (χ0v) is 12.8. The molecule has 0 aliphatic heterocycles. The molecule has 1 rings (SSSR count). The molecule has 1 aliphatic rings. The van der Waals surface area contributed by atoms with E-state index in [4.69, 9.17) is 19.3 Å². The number of rotatable bonds is 4. The first-order valence-corrected chi connectivity index (χ1v) is 7.14. The van der Waals surface area contributed by atoms with Gasteiger partial charge in [-0.3, -0.25) is 0 Å². The van der Waals surface area contributed by atoms with Gasteiger partial charge in [-0.25, -0.2) is 9.59 Å². The van der Waals surface area contributed by atoms with Crippen LogP contribution in [0.5, 0.6) is 0 Å². The second-order valence-corrected chi connectivity index (χ2v) is 5.93. The predicted octanol–water partition coefficient (Wildman–Crippen LogP) is 2.39. The van der Waals surface area contributed by atoms with Gasteiger partial charge < -0.3 is 24.1 Å². The van der Waals surface area contributed by atoms with Gasteiger partial charge in [0.2, 0.25) is 0 Å². The van der Waals surface area contributed by atoms with Crippen molar-refractivity contribution in [2.24, 2.45) is 0 Å². The van der Waals surface area contributed by atoms with E-state index in [1.807, 2.05) is 0 Å². The molecule has 0 spiro atoms. The summed E-state index contributed by atoms with van der Waals surface area (Å²) in [6.45, 7) is 4.95. The van der Waals surface area contributed by atoms with Crippen molar-refractivity contribution in [3.05, 3.63) is 0 Å². The second-order valence-electron chi connectivity index (χ2n) is 5.93. The molecule has 7 heteroatoms. The van der Waals surface area contributed by atoms with Crippen LogP contribution in [0.2, 0.25) is 0 Å². The Labute approximate surface area is 124 Å². The lowest BCUT2D eigenvalue weighted by atomic mass is 9.95. The third kappa shape index (κ3) is 7.75. The fraction of sp³-hybridized carbons (Fsp3) is 0.857. The van der Waals surface area contributed by atoms with Crippen molar-refractivity contribution < 1.29 is 33.6 Å². The summed E-state index contributed by atoms with van der Waals surface area (Å²) in [5.41, 5.74) is -0.601. The number of aliphatic hydroxyl groups is 1. The Morgan fingerprint density at radius 2 is 1.67 bits per heavy atom. The SMILES string of the molecule is CC(C)(C)OC(=O)OC1CCCC(OC(=O)OCCO)C1. The van der Waals surface area contributed by atoms with Crippen LogP contribution in [0.25, 0.3) is 0 Å². The van der Waals surface area contributed by atoms with Gasteiger partial charge in [0.1, 0.15) is 24.4 Å². The predicted molar refractivity (Wildman–Crippen MR) is 72.9 cm³/mol. The van der Waals surface area contributed by atoms with Crippen LogP contribution in [0.4, 0.5) is 9.59 Å². The lowest BCUT2D eigenvalue weighted by Crippen LogP contribution is -2.33. The lowest BCUT2D eigenvalue weighted by Gasteiger charge is -2.29. The van der Waals surface area contributed by atoms with E-state index in [9.17, 15) is 9.59 Å². The van der Waals surface area contributed by atoms with Gasteiger partial charge in [0.05, 0.1) is 6.61 Å². The molecule has 0 amide bonds. The summed E-state index contributed by atoms with van der Waals surface area (Å²) in [4.78, 5) is 22.9. The molecule has 2 unspecified atom stereocenters. The third-order valence-electron chi connectivity index (χ3n) is 2.80. The van der Waals surface area contributed by atoms with Crippen LogP contribution in [-0.4, -0.2) is 48.4 Å². The summed E-state index contributed by atoms with van der Waals surface area (Å²) in [6.07, 6.45) is 0.413. The normalized spacial score (nSPS) is 22.3. The fourth-order valence-electron chi connectivity index (χ4n) is 2.03. The second kappa shape index (κ2) is 8.07. The highest BCUT2D eigenvalue weighted by Crippen LogP contribution is 2.25. The van der Waals surface area contributed by atoms with Crippen molar-refractivity contribution in [2.45, 2.75) is 64.3 Å². The highest BCUT2D eigenvalue weighted by atomic mass is 16.7. The van der Waals surface area contributed by atoms with E-state index < -0.39 is 17.9 Å². The molecule has 0 radical (unpaired) electrons. The van der Waals surface area contributed by atoms with Crippen LogP contribution < -0.4 is 0 Å². The maximum atomic E-state index is 11.6. The molecule has 21 heavy (non-hydrogen) atoms. The van der Waals surface area contributed by atoms with Crippen molar-refractivity contribution >= 4 is 12.3 Å².